The van der Waals surface area contributed by atoms with Crippen molar-refractivity contribution in [3.63, 3.8) is 0 Å². The van der Waals surface area contributed by atoms with Crippen LogP contribution < -0.4 is 5.73 Å². The van der Waals surface area contributed by atoms with Gasteiger partial charge >= 0.3 is 0 Å². The Morgan fingerprint density at radius 3 is 2.83 bits per heavy atom. The highest BCUT2D eigenvalue weighted by Gasteiger charge is 2.29. The van der Waals surface area contributed by atoms with Crippen molar-refractivity contribution in [3.05, 3.63) is 5.82 Å². The van der Waals surface area contributed by atoms with Gasteiger partial charge < -0.3 is 5.73 Å². The van der Waals surface area contributed by atoms with E-state index in [2.05, 4.69) is 20.4 Å². The lowest BCUT2D eigenvalue weighted by Gasteiger charge is -2.31. The summed E-state index contributed by atoms with van der Waals surface area (Å²) in [5.41, 5.74) is 5.75. The molecule has 0 bridgehead atoms. The number of nitrogens with two attached hydrogens (primary N) is 1. The van der Waals surface area contributed by atoms with Gasteiger partial charge in [-0.2, -0.15) is 0 Å². The molecule has 0 aromatic carbocycles. The lowest BCUT2D eigenvalue weighted by atomic mass is 9.98. The molecule has 6 nitrogen and oxygen atoms in total. The van der Waals surface area contributed by atoms with Crippen molar-refractivity contribution in [2.45, 2.75) is 38.3 Å². The minimum Gasteiger partial charge on any atom is -0.330 e. The minimum atomic E-state index is 0. The van der Waals surface area contributed by atoms with Crippen LogP contribution in [0.2, 0.25) is 0 Å². The molecule has 1 saturated heterocycles. The normalized spacial score (nSPS) is 24.8. The Labute approximate surface area is 113 Å². The van der Waals surface area contributed by atoms with Gasteiger partial charge in [-0.05, 0) is 55.1 Å². The average Bonchev–Trinajstić information content (AvgIpc) is 3.11. The summed E-state index contributed by atoms with van der Waals surface area (Å²) in [6.07, 6.45) is 4.96. The summed E-state index contributed by atoms with van der Waals surface area (Å²) in [5, 5.41) is 12.0. The first-order valence-corrected chi connectivity index (χ1v) is 6.56. The average molecular weight is 273 g/mol. The Hall–Kier alpha value is -0.720. The molecule has 0 spiro atoms. The fourth-order valence-electron chi connectivity index (χ4n) is 2.61. The van der Waals surface area contributed by atoms with Crippen LogP contribution in [0.1, 0.15) is 37.5 Å². The molecule has 1 aromatic rings. The Morgan fingerprint density at radius 1 is 1.28 bits per heavy atom. The molecule has 7 heteroatoms. The van der Waals surface area contributed by atoms with Gasteiger partial charge in [0.1, 0.15) is 0 Å². The highest BCUT2D eigenvalue weighted by molar-refractivity contribution is 5.85. The summed E-state index contributed by atoms with van der Waals surface area (Å²) in [5.74, 6) is 1.67. The standard InChI is InChI=1S/C11H20N6.ClH/c12-6-9-2-1-5-16(7-9)8-11-13-14-15-17(11)10-3-4-10;/h9-10H,1-8,12H2;1H. The summed E-state index contributed by atoms with van der Waals surface area (Å²) in [6, 6.07) is 0.565. The highest BCUT2D eigenvalue weighted by atomic mass is 35.5. The van der Waals surface area contributed by atoms with E-state index < -0.39 is 0 Å². The van der Waals surface area contributed by atoms with Crippen molar-refractivity contribution in [2.75, 3.05) is 19.6 Å². The van der Waals surface area contributed by atoms with Gasteiger partial charge in [-0.3, -0.25) is 4.90 Å². The van der Waals surface area contributed by atoms with Crippen LogP contribution in [0, 0.1) is 5.92 Å². The maximum atomic E-state index is 5.75. The molecule has 1 atom stereocenters. The van der Waals surface area contributed by atoms with Crippen molar-refractivity contribution in [3.8, 4) is 0 Å². The number of tetrazole rings is 1. The summed E-state index contributed by atoms with van der Waals surface area (Å²) < 4.78 is 2.01. The number of aromatic nitrogens is 4. The number of likely N-dealkylation sites (tertiary alicyclic amines) is 1. The van der Waals surface area contributed by atoms with Gasteiger partial charge in [-0.15, -0.1) is 17.5 Å². The van der Waals surface area contributed by atoms with Crippen LogP contribution in [0.4, 0.5) is 0 Å². The highest BCUT2D eigenvalue weighted by Crippen LogP contribution is 2.34. The fraction of sp³-hybridized carbons (Fsp3) is 0.909. The van der Waals surface area contributed by atoms with Gasteiger partial charge in [0.25, 0.3) is 0 Å². The molecular weight excluding hydrogens is 252 g/mol. The van der Waals surface area contributed by atoms with Gasteiger partial charge in [0.05, 0.1) is 12.6 Å². The van der Waals surface area contributed by atoms with Crippen LogP contribution in [-0.4, -0.2) is 44.7 Å². The number of rotatable bonds is 4. The number of halogens is 1. The monoisotopic (exact) mass is 272 g/mol. The molecule has 2 heterocycles. The zero-order valence-corrected chi connectivity index (χ0v) is 11.3. The molecule has 3 rings (SSSR count). The molecule has 0 radical (unpaired) electrons. The van der Waals surface area contributed by atoms with E-state index in [1.165, 1.54) is 25.7 Å². The van der Waals surface area contributed by atoms with Crippen LogP contribution in [-0.2, 0) is 6.54 Å². The van der Waals surface area contributed by atoms with Gasteiger partial charge in [-0.25, -0.2) is 4.68 Å². The molecular formula is C11H21ClN6. The second-order valence-corrected chi connectivity index (χ2v) is 5.25. The smallest absolute Gasteiger partial charge is 0.165 e. The second kappa shape index (κ2) is 5.95. The summed E-state index contributed by atoms with van der Waals surface area (Å²) in [6.45, 7) is 3.91. The van der Waals surface area contributed by atoms with E-state index in [9.17, 15) is 0 Å². The molecule has 1 saturated carbocycles. The van der Waals surface area contributed by atoms with E-state index in [1.54, 1.807) is 0 Å². The third-order valence-electron chi connectivity index (χ3n) is 3.76. The Kier molecular flexibility index (Phi) is 4.53. The van der Waals surface area contributed by atoms with Crippen LogP contribution in [0.5, 0.6) is 0 Å². The van der Waals surface area contributed by atoms with Gasteiger partial charge in [-0.1, -0.05) is 0 Å². The maximum Gasteiger partial charge on any atom is 0.165 e. The number of nitrogens with zero attached hydrogens (tertiary/aromatic N) is 5. The Morgan fingerprint density at radius 2 is 2.11 bits per heavy atom. The SMILES string of the molecule is Cl.NCC1CCCN(Cc2nnnn2C2CC2)C1. The predicted octanol–water partition coefficient (Wildman–Crippen LogP) is 0.600. The third-order valence-corrected chi connectivity index (χ3v) is 3.76. The maximum absolute atomic E-state index is 5.75. The van der Waals surface area contributed by atoms with Crippen molar-refractivity contribution in [2.24, 2.45) is 11.7 Å². The lowest BCUT2D eigenvalue weighted by Crippen LogP contribution is -2.38. The molecule has 1 unspecified atom stereocenters. The van der Waals surface area contributed by atoms with Crippen LogP contribution in [0.3, 0.4) is 0 Å². The van der Waals surface area contributed by atoms with E-state index in [4.69, 9.17) is 5.73 Å². The number of piperidine rings is 1. The van der Waals surface area contributed by atoms with Crippen molar-refractivity contribution in [1.82, 2.24) is 25.1 Å². The number of hydrogen-bond donors (Lipinski definition) is 1. The molecule has 1 aliphatic heterocycles. The summed E-state index contributed by atoms with van der Waals surface area (Å²) in [4.78, 5) is 2.44. The topological polar surface area (TPSA) is 72.9 Å². The molecule has 102 valence electrons. The molecule has 18 heavy (non-hydrogen) atoms. The zero-order chi connectivity index (χ0) is 11.7. The molecule has 2 N–H and O–H groups in total. The van der Waals surface area contributed by atoms with Crippen molar-refractivity contribution < 1.29 is 0 Å². The lowest BCUT2D eigenvalue weighted by molar-refractivity contribution is 0.165. The first-order chi connectivity index (χ1) is 8.36. The van der Waals surface area contributed by atoms with E-state index >= 15 is 0 Å². The van der Waals surface area contributed by atoms with Crippen molar-refractivity contribution >= 4 is 12.4 Å². The molecule has 2 fully saturated rings. The summed E-state index contributed by atoms with van der Waals surface area (Å²) >= 11 is 0. The van der Waals surface area contributed by atoms with Crippen LogP contribution in [0.25, 0.3) is 0 Å². The van der Waals surface area contributed by atoms with E-state index in [-0.39, 0.29) is 12.4 Å². The predicted molar refractivity (Wildman–Crippen MR) is 70.4 cm³/mol. The Balaban J connectivity index is 0.00000120. The van der Waals surface area contributed by atoms with Gasteiger partial charge in [0.15, 0.2) is 5.82 Å². The van der Waals surface area contributed by atoms with Crippen molar-refractivity contribution in [1.29, 1.82) is 0 Å². The fourth-order valence-corrected chi connectivity index (χ4v) is 2.61. The third kappa shape index (κ3) is 2.99. The van der Waals surface area contributed by atoms with Crippen LogP contribution in [0.15, 0.2) is 0 Å². The largest absolute Gasteiger partial charge is 0.330 e. The first kappa shape index (κ1) is 13.7. The van der Waals surface area contributed by atoms with E-state index in [0.717, 1.165) is 32.0 Å². The van der Waals surface area contributed by atoms with E-state index in [1.807, 2.05) is 4.68 Å². The zero-order valence-electron chi connectivity index (χ0n) is 10.5. The Bertz CT molecular complexity index is 377. The molecule has 1 aliphatic carbocycles. The van der Waals surface area contributed by atoms with Gasteiger partial charge in [0.2, 0.25) is 0 Å². The van der Waals surface area contributed by atoms with Gasteiger partial charge in [0, 0.05) is 6.54 Å². The second-order valence-electron chi connectivity index (χ2n) is 5.25. The number of hydrogen-bond acceptors (Lipinski definition) is 5. The van der Waals surface area contributed by atoms with E-state index in [0.29, 0.717) is 12.0 Å². The summed E-state index contributed by atoms with van der Waals surface area (Å²) in [7, 11) is 0. The van der Waals surface area contributed by atoms with Crippen LogP contribution >= 0.6 is 12.4 Å². The molecule has 0 amide bonds. The molecule has 1 aromatic heterocycles. The minimum absolute atomic E-state index is 0. The molecule has 2 aliphatic rings. The first-order valence-electron chi connectivity index (χ1n) is 6.56. The quantitative estimate of drug-likeness (QED) is 0.869.